The Labute approximate surface area is 146 Å². The molecule has 5 aromatic rings. The highest BCUT2D eigenvalue weighted by atomic mass is 16.3. The van der Waals surface area contributed by atoms with Gasteiger partial charge in [0.1, 0.15) is 5.69 Å². The van der Waals surface area contributed by atoms with Crippen molar-refractivity contribution < 1.29 is 9.21 Å². The van der Waals surface area contributed by atoms with Crippen molar-refractivity contribution >= 4 is 28.1 Å². The summed E-state index contributed by atoms with van der Waals surface area (Å²) in [6.07, 6.45) is 3.20. The molecule has 26 heavy (non-hydrogen) atoms. The third-order valence-electron chi connectivity index (χ3n) is 4.05. The van der Waals surface area contributed by atoms with Gasteiger partial charge in [0.15, 0.2) is 11.6 Å². The zero-order chi connectivity index (χ0) is 17.5. The van der Waals surface area contributed by atoms with Crippen molar-refractivity contribution in [1.82, 2.24) is 24.8 Å². The molecule has 4 heterocycles. The molecule has 0 saturated carbocycles. The second-order valence-electron chi connectivity index (χ2n) is 5.73. The van der Waals surface area contributed by atoms with Gasteiger partial charge in [0, 0.05) is 5.69 Å². The minimum Gasteiger partial charge on any atom is -0.461 e. The van der Waals surface area contributed by atoms with E-state index in [0.29, 0.717) is 23.0 Å². The molecule has 0 aliphatic heterocycles. The predicted octanol–water partition coefficient (Wildman–Crippen LogP) is 3.12. The van der Waals surface area contributed by atoms with Gasteiger partial charge in [-0.2, -0.15) is 0 Å². The van der Waals surface area contributed by atoms with E-state index in [0.717, 1.165) is 16.6 Å². The number of fused-ring (bicyclic) bond motifs is 2. The van der Waals surface area contributed by atoms with E-state index < -0.39 is 0 Å². The van der Waals surface area contributed by atoms with Crippen molar-refractivity contribution in [3.8, 4) is 11.6 Å². The number of anilines is 1. The quantitative estimate of drug-likeness (QED) is 0.524. The lowest BCUT2D eigenvalue weighted by molar-refractivity contribution is 0.102. The Balaban J connectivity index is 1.47. The molecule has 0 radical (unpaired) electrons. The smallest absolute Gasteiger partial charge is 0.274 e. The number of rotatable bonds is 3. The Morgan fingerprint density at radius 1 is 1.15 bits per heavy atom. The van der Waals surface area contributed by atoms with Crippen LogP contribution in [0.15, 0.2) is 65.4 Å². The van der Waals surface area contributed by atoms with Gasteiger partial charge >= 0.3 is 0 Å². The number of amides is 1. The molecule has 0 unspecified atom stereocenters. The molecule has 8 nitrogen and oxygen atoms in total. The highest BCUT2D eigenvalue weighted by Gasteiger charge is 2.13. The lowest BCUT2D eigenvalue weighted by Crippen LogP contribution is -2.16. The molecule has 8 heteroatoms. The van der Waals surface area contributed by atoms with E-state index >= 15 is 0 Å². The molecule has 0 atom stereocenters. The summed E-state index contributed by atoms with van der Waals surface area (Å²) in [5, 5.41) is 10.7. The lowest BCUT2D eigenvalue weighted by atomic mass is 10.2. The van der Waals surface area contributed by atoms with E-state index in [4.69, 9.17) is 4.42 Å². The summed E-state index contributed by atoms with van der Waals surface area (Å²) in [6.45, 7) is 0. The topological polar surface area (TPSA) is 101 Å². The Morgan fingerprint density at radius 2 is 2.12 bits per heavy atom. The number of furan rings is 1. The molecule has 0 saturated heterocycles. The van der Waals surface area contributed by atoms with Crippen LogP contribution in [-0.4, -0.2) is 30.7 Å². The summed E-state index contributed by atoms with van der Waals surface area (Å²) < 4.78 is 6.85. The van der Waals surface area contributed by atoms with Crippen LogP contribution in [0.3, 0.4) is 0 Å². The predicted molar refractivity (Wildman–Crippen MR) is 94.7 cm³/mol. The summed E-state index contributed by atoms with van der Waals surface area (Å²) in [6, 6.07) is 14.4. The molecular weight excluding hydrogens is 332 g/mol. The maximum Gasteiger partial charge on any atom is 0.274 e. The zero-order valence-electron chi connectivity index (χ0n) is 13.4. The van der Waals surface area contributed by atoms with E-state index in [2.05, 4.69) is 25.6 Å². The number of aromatic amines is 1. The second-order valence-corrected chi connectivity index (χ2v) is 5.73. The highest BCUT2D eigenvalue weighted by molar-refractivity contribution is 6.04. The molecule has 5 rings (SSSR count). The number of nitrogens with one attached hydrogen (secondary N) is 2. The molecule has 4 aromatic heterocycles. The fourth-order valence-electron chi connectivity index (χ4n) is 2.84. The number of pyridine rings is 1. The van der Waals surface area contributed by atoms with E-state index in [-0.39, 0.29) is 5.91 Å². The Morgan fingerprint density at radius 3 is 3.00 bits per heavy atom. The number of carbonyl (C=O) groups is 1. The molecule has 0 aliphatic rings. The number of H-pyrrole nitrogens is 1. The Bertz CT molecular complexity index is 1240. The van der Waals surface area contributed by atoms with Crippen molar-refractivity contribution in [3.63, 3.8) is 0 Å². The first kappa shape index (κ1) is 14.4. The van der Waals surface area contributed by atoms with Gasteiger partial charge in [0.2, 0.25) is 0 Å². The van der Waals surface area contributed by atoms with E-state index in [1.165, 1.54) is 4.52 Å². The largest absolute Gasteiger partial charge is 0.461 e. The SMILES string of the molecule is O=C(Nc1ccc2nc(-c3ccco3)[nH]c2c1)c1cccc2cnnn12. The number of carbonyl (C=O) groups excluding carboxylic acids is 1. The van der Waals surface area contributed by atoms with Crippen molar-refractivity contribution in [1.29, 1.82) is 0 Å². The minimum absolute atomic E-state index is 0.272. The number of aromatic nitrogens is 5. The molecule has 1 aromatic carbocycles. The maximum absolute atomic E-state index is 12.6. The van der Waals surface area contributed by atoms with Crippen molar-refractivity contribution in [2.75, 3.05) is 5.32 Å². The normalized spacial score (nSPS) is 11.2. The van der Waals surface area contributed by atoms with Crippen molar-refractivity contribution in [3.05, 3.63) is 66.7 Å². The zero-order valence-corrected chi connectivity index (χ0v) is 13.4. The van der Waals surface area contributed by atoms with E-state index in [1.807, 2.05) is 24.3 Å². The summed E-state index contributed by atoms with van der Waals surface area (Å²) in [5.41, 5.74) is 3.39. The summed E-state index contributed by atoms with van der Waals surface area (Å²) in [5.74, 6) is 1.02. The fourth-order valence-corrected chi connectivity index (χ4v) is 2.84. The average molecular weight is 344 g/mol. The molecule has 0 aliphatic carbocycles. The van der Waals surface area contributed by atoms with E-state index in [9.17, 15) is 4.79 Å². The van der Waals surface area contributed by atoms with Crippen LogP contribution in [0.5, 0.6) is 0 Å². The van der Waals surface area contributed by atoms with Crippen LogP contribution in [0.2, 0.25) is 0 Å². The summed E-state index contributed by atoms with van der Waals surface area (Å²) >= 11 is 0. The molecule has 0 spiro atoms. The number of hydrogen-bond acceptors (Lipinski definition) is 5. The number of hydrogen-bond donors (Lipinski definition) is 2. The first-order chi connectivity index (χ1) is 12.8. The molecule has 0 fully saturated rings. The van der Waals surface area contributed by atoms with E-state index in [1.54, 1.807) is 36.7 Å². The third kappa shape index (κ3) is 2.32. The molecular formula is C18H12N6O2. The van der Waals surface area contributed by atoms with Gasteiger partial charge in [-0.05, 0) is 42.5 Å². The lowest BCUT2D eigenvalue weighted by Gasteiger charge is -2.06. The van der Waals surface area contributed by atoms with Crippen LogP contribution in [-0.2, 0) is 0 Å². The highest BCUT2D eigenvalue weighted by Crippen LogP contribution is 2.23. The van der Waals surface area contributed by atoms with Gasteiger partial charge < -0.3 is 14.7 Å². The first-order valence-corrected chi connectivity index (χ1v) is 7.92. The van der Waals surface area contributed by atoms with Gasteiger partial charge in [0.25, 0.3) is 5.91 Å². The molecule has 2 N–H and O–H groups in total. The average Bonchev–Trinajstić information content (AvgIpc) is 3.39. The Hall–Kier alpha value is -3.94. The minimum atomic E-state index is -0.272. The summed E-state index contributed by atoms with van der Waals surface area (Å²) in [7, 11) is 0. The van der Waals surface area contributed by atoms with Crippen LogP contribution in [0, 0.1) is 0 Å². The second kappa shape index (κ2) is 5.55. The van der Waals surface area contributed by atoms with Crippen LogP contribution >= 0.6 is 0 Å². The fraction of sp³-hybridized carbons (Fsp3) is 0. The number of benzene rings is 1. The molecule has 1 amide bonds. The number of nitrogens with zero attached hydrogens (tertiary/aromatic N) is 4. The van der Waals surface area contributed by atoms with Gasteiger partial charge in [-0.15, -0.1) is 5.10 Å². The van der Waals surface area contributed by atoms with Gasteiger partial charge in [0.05, 0.1) is 29.0 Å². The monoisotopic (exact) mass is 344 g/mol. The standard InChI is InChI=1S/C18H12N6O2/c25-18(15-4-1-3-12-10-19-23-24(12)15)20-11-6-7-13-14(9-11)22-17(21-13)16-5-2-8-26-16/h1-10H,(H,20,25)(H,21,22). The van der Waals surface area contributed by atoms with Crippen molar-refractivity contribution in [2.24, 2.45) is 0 Å². The summed E-state index contributed by atoms with van der Waals surface area (Å²) in [4.78, 5) is 20.3. The molecule has 126 valence electrons. The van der Waals surface area contributed by atoms with Crippen molar-refractivity contribution in [2.45, 2.75) is 0 Å². The van der Waals surface area contributed by atoms with Crippen LogP contribution in [0.1, 0.15) is 10.5 Å². The first-order valence-electron chi connectivity index (χ1n) is 7.92. The van der Waals surface area contributed by atoms with Gasteiger partial charge in [-0.25, -0.2) is 9.50 Å². The Kier molecular flexibility index (Phi) is 3.08. The van der Waals surface area contributed by atoms with Crippen LogP contribution < -0.4 is 5.32 Å². The van der Waals surface area contributed by atoms with Gasteiger partial charge in [-0.3, -0.25) is 4.79 Å². The van der Waals surface area contributed by atoms with Crippen LogP contribution in [0.25, 0.3) is 28.1 Å². The molecule has 0 bridgehead atoms. The van der Waals surface area contributed by atoms with Crippen LogP contribution in [0.4, 0.5) is 5.69 Å². The van der Waals surface area contributed by atoms with Gasteiger partial charge in [-0.1, -0.05) is 11.3 Å². The number of imidazole rings is 1. The maximum atomic E-state index is 12.6. The third-order valence-corrected chi connectivity index (χ3v) is 4.05.